The second-order valence-corrected chi connectivity index (χ2v) is 5.65. The molecule has 0 saturated carbocycles. The molecule has 6 nitrogen and oxygen atoms in total. The van der Waals surface area contributed by atoms with Gasteiger partial charge in [0.25, 0.3) is 0 Å². The molecule has 7 heteroatoms. The average molecular weight is 300 g/mol. The van der Waals surface area contributed by atoms with Gasteiger partial charge in [-0.2, -0.15) is 0 Å². The van der Waals surface area contributed by atoms with Crippen molar-refractivity contribution >= 4 is 33.1 Å². The Bertz CT molecular complexity index is 991. The summed E-state index contributed by atoms with van der Waals surface area (Å²) in [6.07, 6.45) is 2.02. The minimum atomic E-state index is -0.436. The summed E-state index contributed by atoms with van der Waals surface area (Å²) in [5, 5.41) is 5.37. The van der Waals surface area contributed by atoms with Crippen LogP contribution in [0, 0.1) is 6.92 Å². The molecule has 0 atom stereocenters. The zero-order valence-electron chi connectivity index (χ0n) is 11.2. The third kappa shape index (κ3) is 2.02. The number of anilines is 1. The first kappa shape index (κ1) is 12.2. The molecule has 0 aliphatic heterocycles. The Hall–Kier alpha value is -2.54. The Labute approximate surface area is 123 Å². The summed E-state index contributed by atoms with van der Waals surface area (Å²) in [6.45, 7) is 2.67. The number of hydrogen-bond acceptors (Lipinski definition) is 5. The van der Waals surface area contributed by atoms with E-state index in [-0.39, 0.29) is 0 Å². The van der Waals surface area contributed by atoms with Crippen LogP contribution >= 0.6 is 11.3 Å². The number of benzene rings is 1. The van der Waals surface area contributed by atoms with E-state index in [1.165, 1.54) is 0 Å². The molecule has 0 amide bonds. The highest BCUT2D eigenvalue weighted by atomic mass is 32.1. The molecule has 0 fully saturated rings. The van der Waals surface area contributed by atoms with Crippen LogP contribution in [-0.2, 0) is 6.54 Å². The quantitative estimate of drug-likeness (QED) is 0.610. The molecule has 2 N–H and O–H groups in total. The van der Waals surface area contributed by atoms with Crippen molar-refractivity contribution in [2.24, 2.45) is 0 Å². The van der Waals surface area contributed by atoms with Gasteiger partial charge in [-0.15, -0.1) is 11.3 Å². The summed E-state index contributed by atoms with van der Waals surface area (Å²) in [4.78, 5) is 19.3. The van der Waals surface area contributed by atoms with Crippen molar-refractivity contribution in [1.82, 2.24) is 14.4 Å². The van der Waals surface area contributed by atoms with Crippen LogP contribution in [0.3, 0.4) is 0 Å². The van der Waals surface area contributed by atoms with E-state index in [1.807, 2.05) is 30.6 Å². The van der Waals surface area contributed by atoms with Crippen LogP contribution in [-0.4, -0.2) is 14.4 Å². The maximum atomic E-state index is 11.2. The second-order valence-electron chi connectivity index (χ2n) is 4.78. The largest absolute Gasteiger partial charge is 0.417 e. The normalized spacial score (nSPS) is 11.5. The van der Waals surface area contributed by atoms with E-state index in [1.54, 1.807) is 17.4 Å². The van der Waals surface area contributed by atoms with Crippen LogP contribution in [0.2, 0.25) is 0 Å². The zero-order chi connectivity index (χ0) is 14.4. The number of fused-ring (bicyclic) bond motifs is 2. The molecule has 21 heavy (non-hydrogen) atoms. The number of nitrogens with zero attached hydrogens (tertiary/aromatic N) is 2. The van der Waals surface area contributed by atoms with E-state index < -0.39 is 5.76 Å². The van der Waals surface area contributed by atoms with Crippen LogP contribution < -0.4 is 11.1 Å². The molecule has 3 aromatic heterocycles. The molecule has 4 aromatic rings. The Morgan fingerprint density at radius 3 is 3.29 bits per heavy atom. The number of aromatic nitrogens is 3. The second kappa shape index (κ2) is 4.49. The van der Waals surface area contributed by atoms with Crippen molar-refractivity contribution in [3.63, 3.8) is 0 Å². The molecular formula is C14H12N4O2S. The highest BCUT2D eigenvalue weighted by Gasteiger charge is 2.09. The fourth-order valence-corrected chi connectivity index (χ4v) is 3.18. The number of oxazole rings is 1. The lowest BCUT2D eigenvalue weighted by Gasteiger charge is -2.06. The summed E-state index contributed by atoms with van der Waals surface area (Å²) in [7, 11) is 0. The van der Waals surface area contributed by atoms with E-state index in [2.05, 4.69) is 19.7 Å². The summed E-state index contributed by atoms with van der Waals surface area (Å²) in [5.41, 5.74) is 4.32. The monoisotopic (exact) mass is 300 g/mol. The van der Waals surface area contributed by atoms with Crippen LogP contribution in [0.4, 0.5) is 5.69 Å². The van der Waals surface area contributed by atoms with Gasteiger partial charge in [0.1, 0.15) is 0 Å². The SMILES string of the molecule is Cc1nc2sccn2c1CNc1ccc2oc(=O)[nH]c2c1. The zero-order valence-corrected chi connectivity index (χ0v) is 12.0. The number of hydrogen-bond donors (Lipinski definition) is 2. The van der Waals surface area contributed by atoms with E-state index in [0.29, 0.717) is 17.6 Å². The third-order valence-electron chi connectivity index (χ3n) is 3.44. The van der Waals surface area contributed by atoms with Gasteiger partial charge < -0.3 is 9.73 Å². The van der Waals surface area contributed by atoms with Gasteiger partial charge in [0.15, 0.2) is 10.5 Å². The number of H-pyrrole nitrogens is 1. The van der Waals surface area contributed by atoms with Crippen molar-refractivity contribution in [2.75, 3.05) is 5.32 Å². The average Bonchev–Trinajstić information content (AvgIpc) is 3.10. The van der Waals surface area contributed by atoms with Crippen LogP contribution in [0.25, 0.3) is 16.1 Å². The Kier molecular flexibility index (Phi) is 2.61. The topological polar surface area (TPSA) is 75.3 Å². The first-order valence-corrected chi connectivity index (χ1v) is 7.36. The molecule has 0 radical (unpaired) electrons. The molecule has 0 aliphatic rings. The standard InChI is InChI=1S/C14H12N4O2S/c1-8-11(18-4-5-21-13(18)16-8)7-15-9-2-3-12-10(6-9)17-14(19)20-12/h2-6,15H,7H2,1H3,(H,17,19). The molecule has 0 aliphatic carbocycles. The predicted molar refractivity (Wildman–Crippen MR) is 82.0 cm³/mol. The van der Waals surface area contributed by atoms with E-state index >= 15 is 0 Å². The Morgan fingerprint density at radius 2 is 2.38 bits per heavy atom. The summed E-state index contributed by atoms with van der Waals surface area (Å²) < 4.78 is 7.08. The van der Waals surface area contributed by atoms with Gasteiger partial charge in [0.2, 0.25) is 0 Å². The van der Waals surface area contributed by atoms with Gasteiger partial charge in [-0.05, 0) is 25.1 Å². The lowest BCUT2D eigenvalue weighted by Crippen LogP contribution is -2.03. The van der Waals surface area contributed by atoms with Crippen LogP contribution in [0.15, 0.2) is 39.0 Å². The van der Waals surface area contributed by atoms with Gasteiger partial charge in [0, 0.05) is 17.3 Å². The highest BCUT2D eigenvalue weighted by Crippen LogP contribution is 2.20. The fourth-order valence-electron chi connectivity index (χ4n) is 2.40. The number of aryl methyl sites for hydroxylation is 1. The number of imidazole rings is 1. The lowest BCUT2D eigenvalue weighted by molar-refractivity contribution is 0.555. The maximum absolute atomic E-state index is 11.2. The van der Waals surface area contributed by atoms with E-state index in [9.17, 15) is 4.79 Å². The molecular weight excluding hydrogens is 288 g/mol. The predicted octanol–water partition coefficient (Wildman–Crippen LogP) is 2.75. The van der Waals surface area contributed by atoms with E-state index in [4.69, 9.17) is 4.42 Å². The maximum Gasteiger partial charge on any atom is 0.417 e. The molecule has 1 aromatic carbocycles. The van der Waals surface area contributed by atoms with Crippen molar-refractivity contribution in [3.05, 3.63) is 51.7 Å². The van der Waals surface area contributed by atoms with Gasteiger partial charge in [0.05, 0.1) is 23.4 Å². The molecule has 3 heterocycles. The number of nitrogens with one attached hydrogen (secondary N) is 2. The van der Waals surface area contributed by atoms with Gasteiger partial charge in [-0.1, -0.05) is 0 Å². The summed E-state index contributed by atoms with van der Waals surface area (Å²) in [5.74, 6) is -0.436. The number of thiazole rings is 1. The minimum absolute atomic E-state index is 0.436. The third-order valence-corrected chi connectivity index (χ3v) is 4.20. The molecule has 4 rings (SSSR count). The van der Waals surface area contributed by atoms with Crippen LogP contribution in [0.5, 0.6) is 0 Å². The number of aromatic amines is 1. The van der Waals surface area contributed by atoms with Crippen molar-refractivity contribution in [2.45, 2.75) is 13.5 Å². The molecule has 106 valence electrons. The molecule has 0 unspecified atom stereocenters. The van der Waals surface area contributed by atoms with Crippen LogP contribution in [0.1, 0.15) is 11.4 Å². The first-order valence-electron chi connectivity index (χ1n) is 6.48. The summed E-state index contributed by atoms with van der Waals surface area (Å²) >= 11 is 1.62. The van der Waals surface area contributed by atoms with Gasteiger partial charge >= 0.3 is 5.76 Å². The first-order chi connectivity index (χ1) is 10.2. The van der Waals surface area contributed by atoms with Crippen molar-refractivity contribution < 1.29 is 4.42 Å². The molecule has 0 saturated heterocycles. The van der Waals surface area contributed by atoms with Gasteiger partial charge in [-0.3, -0.25) is 9.38 Å². The van der Waals surface area contributed by atoms with Crippen molar-refractivity contribution in [3.8, 4) is 0 Å². The van der Waals surface area contributed by atoms with E-state index in [0.717, 1.165) is 22.0 Å². The Morgan fingerprint density at radius 1 is 1.48 bits per heavy atom. The molecule has 0 spiro atoms. The minimum Gasteiger partial charge on any atom is -0.408 e. The molecule has 0 bridgehead atoms. The lowest BCUT2D eigenvalue weighted by atomic mass is 10.2. The Balaban J connectivity index is 1.64. The van der Waals surface area contributed by atoms with Crippen molar-refractivity contribution in [1.29, 1.82) is 0 Å². The fraction of sp³-hybridized carbons (Fsp3) is 0.143. The number of rotatable bonds is 3. The highest BCUT2D eigenvalue weighted by molar-refractivity contribution is 7.15. The smallest absolute Gasteiger partial charge is 0.408 e. The summed E-state index contributed by atoms with van der Waals surface area (Å²) in [6, 6.07) is 5.53. The van der Waals surface area contributed by atoms with Gasteiger partial charge in [-0.25, -0.2) is 9.78 Å².